The number of benzene rings is 1. The molecule has 0 aliphatic carbocycles. The number of carbonyl (C=O) groups is 2. The fourth-order valence-electron chi connectivity index (χ4n) is 3.94. The SMILES string of the molecule is CS(=O)(=O)N1CC(=O)Nc2ncc(C=CC(=O)N3CCC=C(c4ccccc4)CC3)cc2C1. The maximum absolute atomic E-state index is 12.8. The van der Waals surface area contributed by atoms with Crippen molar-refractivity contribution in [2.75, 3.05) is 31.2 Å². The molecule has 2 aromatic rings. The Morgan fingerprint density at radius 3 is 2.70 bits per heavy atom. The van der Waals surface area contributed by atoms with Gasteiger partial charge in [-0.15, -0.1) is 0 Å². The molecule has 0 fully saturated rings. The van der Waals surface area contributed by atoms with Crippen molar-refractivity contribution in [1.82, 2.24) is 14.2 Å². The molecule has 2 aliphatic rings. The molecule has 2 amide bonds. The van der Waals surface area contributed by atoms with E-state index in [9.17, 15) is 18.0 Å². The topological polar surface area (TPSA) is 99.7 Å². The molecule has 8 nitrogen and oxygen atoms in total. The molecule has 0 unspecified atom stereocenters. The van der Waals surface area contributed by atoms with Gasteiger partial charge in [-0.2, -0.15) is 4.31 Å². The van der Waals surface area contributed by atoms with Gasteiger partial charge in [0, 0.05) is 37.5 Å². The van der Waals surface area contributed by atoms with E-state index in [1.54, 1.807) is 18.3 Å². The van der Waals surface area contributed by atoms with Crippen molar-refractivity contribution >= 4 is 39.3 Å². The first-order valence-electron chi connectivity index (χ1n) is 10.7. The summed E-state index contributed by atoms with van der Waals surface area (Å²) in [4.78, 5) is 30.9. The van der Waals surface area contributed by atoms with Crippen molar-refractivity contribution in [1.29, 1.82) is 0 Å². The van der Waals surface area contributed by atoms with E-state index < -0.39 is 15.9 Å². The van der Waals surface area contributed by atoms with Crippen LogP contribution < -0.4 is 5.32 Å². The first kappa shape index (κ1) is 22.9. The number of sulfonamides is 1. The summed E-state index contributed by atoms with van der Waals surface area (Å²) >= 11 is 0. The van der Waals surface area contributed by atoms with E-state index in [-0.39, 0.29) is 19.0 Å². The summed E-state index contributed by atoms with van der Waals surface area (Å²) in [6, 6.07) is 11.9. The zero-order chi connectivity index (χ0) is 23.4. The second-order valence-electron chi connectivity index (χ2n) is 8.15. The highest BCUT2D eigenvalue weighted by Crippen LogP contribution is 2.23. The molecule has 0 saturated carbocycles. The Labute approximate surface area is 193 Å². The van der Waals surface area contributed by atoms with E-state index >= 15 is 0 Å². The van der Waals surface area contributed by atoms with Crippen LogP contribution in [0.4, 0.5) is 5.82 Å². The minimum atomic E-state index is -3.55. The largest absolute Gasteiger partial charge is 0.339 e. The molecule has 0 atom stereocenters. The van der Waals surface area contributed by atoms with Crippen molar-refractivity contribution in [3.05, 3.63) is 71.4 Å². The van der Waals surface area contributed by atoms with Crippen molar-refractivity contribution < 1.29 is 18.0 Å². The molecule has 4 rings (SSSR count). The molecule has 1 aromatic heterocycles. The van der Waals surface area contributed by atoms with E-state index in [0.29, 0.717) is 30.0 Å². The Morgan fingerprint density at radius 1 is 1.15 bits per heavy atom. The highest BCUT2D eigenvalue weighted by atomic mass is 32.2. The van der Waals surface area contributed by atoms with Gasteiger partial charge in [-0.25, -0.2) is 13.4 Å². The fraction of sp³-hybridized carbons (Fsp3) is 0.292. The zero-order valence-corrected chi connectivity index (χ0v) is 19.2. The van der Waals surface area contributed by atoms with E-state index in [0.717, 1.165) is 23.4 Å². The summed E-state index contributed by atoms with van der Waals surface area (Å²) in [6.45, 7) is 1.07. The van der Waals surface area contributed by atoms with Gasteiger partial charge in [0.15, 0.2) is 0 Å². The van der Waals surface area contributed by atoms with Crippen LogP contribution in [-0.4, -0.2) is 60.3 Å². The minimum absolute atomic E-state index is 0.0373. The minimum Gasteiger partial charge on any atom is -0.339 e. The van der Waals surface area contributed by atoms with Crippen molar-refractivity contribution in [2.24, 2.45) is 0 Å². The maximum Gasteiger partial charge on any atom is 0.246 e. The molecular formula is C24H26N4O4S. The summed E-state index contributed by atoms with van der Waals surface area (Å²) in [5, 5.41) is 2.63. The lowest BCUT2D eigenvalue weighted by molar-refractivity contribution is -0.125. The normalized spacial score (nSPS) is 17.7. The molecule has 172 valence electrons. The number of amides is 2. The second-order valence-corrected chi connectivity index (χ2v) is 10.1. The molecular weight excluding hydrogens is 440 g/mol. The first-order valence-corrected chi connectivity index (χ1v) is 12.6. The quantitative estimate of drug-likeness (QED) is 0.698. The molecule has 1 aromatic carbocycles. The van der Waals surface area contributed by atoms with E-state index in [1.807, 2.05) is 23.1 Å². The number of fused-ring (bicyclic) bond motifs is 1. The number of aromatic nitrogens is 1. The van der Waals surface area contributed by atoms with Gasteiger partial charge in [0.05, 0.1) is 12.8 Å². The summed E-state index contributed by atoms with van der Waals surface area (Å²) in [5.74, 6) is -0.185. The predicted octanol–water partition coefficient (Wildman–Crippen LogP) is 2.51. The number of nitrogens with one attached hydrogen (secondary N) is 1. The van der Waals surface area contributed by atoms with Gasteiger partial charge in [-0.1, -0.05) is 36.4 Å². The summed E-state index contributed by atoms with van der Waals surface area (Å²) in [7, 11) is -3.55. The number of rotatable bonds is 4. The first-order chi connectivity index (χ1) is 15.8. The molecule has 9 heteroatoms. The third kappa shape index (κ3) is 5.74. The Morgan fingerprint density at radius 2 is 1.94 bits per heavy atom. The molecule has 3 heterocycles. The number of hydrogen-bond donors (Lipinski definition) is 1. The van der Waals surface area contributed by atoms with Crippen LogP contribution in [0.15, 0.2) is 54.7 Å². The molecule has 1 N–H and O–H groups in total. The van der Waals surface area contributed by atoms with Crippen LogP contribution in [0.5, 0.6) is 0 Å². The standard InChI is InChI=1S/C24H26N4O4S/c1-33(31,32)28-16-21-14-18(15-25-24(21)26-22(29)17-28)9-10-23(30)27-12-5-8-20(11-13-27)19-6-3-2-4-7-19/h2-4,6-10,14-15H,5,11-13,16-17H2,1H3,(H,25,26,29). The second kappa shape index (κ2) is 9.68. The van der Waals surface area contributed by atoms with Crippen LogP contribution in [0.2, 0.25) is 0 Å². The average molecular weight is 467 g/mol. The maximum atomic E-state index is 12.8. The number of nitrogens with zero attached hydrogens (tertiary/aromatic N) is 3. The number of carbonyl (C=O) groups excluding carboxylic acids is 2. The fourth-order valence-corrected chi connectivity index (χ4v) is 4.66. The highest BCUT2D eigenvalue weighted by molar-refractivity contribution is 7.88. The predicted molar refractivity (Wildman–Crippen MR) is 127 cm³/mol. The monoisotopic (exact) mass is 466 g/mol. The van der Waals surface area contributed by atoms with Gasteiger partial charge >= 0.3 is 0 Å². The molecule has 2 aliphatic heterocycles. The van der Waals surface area contributed by atoms with Gasteiger partial charge in [-0.3, -0.25) is 9.59 Å². The van der Waals surface area contributed by atoms with E-state index in [1.165, 1.54) is 17.2 Å². The molecule has 0 spiro atoms. The number of hydrogen-bond acceptors (Lipinski definition) is 5. The van der Waals surface area contributed by atoms with Gasteiger partial charge in [0.2, 0.25) is 21.8 Å². The lowest BCUT2D eigenvalue weighted by Crippen LogP contribution is -2.34. The van der Waals surface area contributed by atoms with Crippen LogP contribution in [-0.2, 0) is 26.2 Å². The lowest BCUT2D eigenvalue weighted by Gasteiger charge is -2.18. The summed E-state index contributed by atoms with van der Waals surface area (Å²) in [6.07, 6.45) is 9.60. The zero-order valence-electron chi connectivity index (χ0n) is 18.4. The average Bonchev–Trinajstić information content (AvgIpc) is 3.14. The van der Waals surface area contributed by atoms with Crippen molar-refractivity contribution in [3.8, 4) is 0 Å². The van der Waals surface area contributed by atoms with Crippen LogP contribution >= 0.6 is 0 Å². The molecule has 0 bridgehead atoms. The van der Waals surface area contributed by atoms with Gasteiger partial charge in [-0.05, 0) is 41.7 Å². The van der Waals surface area contributed by atoms with Crippen LogP contribution in [0.25, 0.3) is 11.6 Å². The number of pyridine rings is 1. The Kier molecular flexibility index (Phi) is 6.71. The smallest absolute Gasteiger partial charge is 0.246 e. The van der Waals surface area contributed by atoms with Crippen LogP contribution in [0.1, 0.15) is 29.5 Å². The highest BCUT2D eigenvalue weighted by Gasteiger charge is 2.26. The third-order valence-corrected chi connectivity index (χ3v) is 6.89. The van der Waals surface area contributed by atoms with E-state index in [4.69, 9.17) is 0 Å². The van der Waals surface area contributed by atoms with Crippen LogP contribution in [0, 0.1) is 0 Å². The summed E-state index contributed by atoms with van der Waals surface area (Å²) < 4.78 is 25.0. The molecule has 0 radical (unpaired) electrons. The molecule has 0 saturated heterocycles. The van der Waals surface area contributed by atoms with Crippen molar-refractivity contribution in [3.63, 3.8) is 0 Å². The Balaban J connectivity index is 1.44. The van der Waals surface area contributed by atoms with Gasteiger partial charge in [0.25, 0.3) is 0 Å². The van der Waals surface area contributed by atoms with Gasteiger partial charge < -0.3 is 10.2 Å². The summed E-state index contributed by atoms with van der Waals surface area (Å²) in [5.41, 5.74) is 3.67. The number of anilines is 1. The van der Waals surface area contributed by atoms with Crippen molar-refractivity contribution in [2.45, 2.75) is 19.4 Å². The van der Waals surface area contributed by atoms with E-state index in [2.05, 4.69) is 28.5 Å². The third-order valence-electron chi connectivity index (χ3n) is 5.70. The lowest BCUT2D eigenvalue weighted by atomic mass is 10.0. The Bertz CT molecular complexity index is 1220. The van der Waals surface area contributed by atoms with Gasteiger partial charge in [0.1, 0.15) is 5.82 Å². The Hall–Kier alpha value is -3.30. The van der Waals surface area contributed by atoms with Crippen LogP contribution in [0.3, 0.4) is 0 Å². The molecule has 33 heavy (non-hydrogen) atoms.